The molecule has 1 N–H and O–H groups in total. The molecular weight excluding hydrogens is 488 g/mol. The average Bonchev–Trinajstić information content (AvgIpc) is 2.87. The lowest BCUT2D eigenvalue weighted by Gasteiger charge is -2.11. The van der Waals surface area contributed by atoms with Crippen LogP contribution >= 0.6 is 15.9 Å². The number of hydrogen-bond donors (Lipinski definition) is 1. The third kappa shape index (κ3) is 5.92. The number of nitrogens with one attached hydrogen (secondary N) is 1. The average molecular weight is 511 g/mol. The molecule has 4 aromatic carbocycles. The highest BCUT2D eigenvalue weighted by Gasteiger charge is 2.10. The number of fused-ring (bicyclic) bond motifs is 1. The second-order valence-electron chi connectivity index (χ2n) is 7.78. The van der Waals surface area contributed by atoms with Crippen LogP contribution in [0.15, 0.2) is 101 Å². The highest BCUT2D eigenvalue weighted by molar-refractivity contribution is 9.10. The number of nitrogens with zero attached hydrogens (tertiary/aromatic N) is 1. The summed E-state index contributed by atoms with van der Waals surface area (Å²) in [6.07, 6.45) is 2.29. The minimum absolute atomic E-state index is 0.0596. The molecule has 0 aliphatic rings. The van der Waals surface area contributed by atoms with E-state index in [1.54, 1.807) is 6.08 Å². The van der Waals surface area contributed by atoms with Gasteiger partial charge in [-0.3, -0.25) is 4.79 Å². The fourth-order valence-electron chi connectivity index (χ4n) is 3.67. The molecule has 4 rings (SSSR count). The van der Waals surface area contributed by atoms with E-state index >= 15 is 0 Å². The number of benzene rings is 4. The van der Waals surface area contributed by atoms with Crippen LogP contribution in [0.5, 0.6) is 5.75 Å². The van der Waals surface area contributed by atoms with Gasteiger partial charge >= 0.3 is 0 Å². The van der Waals surface area contributed by atoms with E-state index in [0.29, 0.717) is 25.3 Å². The summed E-state index contributed by atoms with van der Waals surface area (Å²) < 4.78 is 6.80. The fraction of sp³-hybridized carbons (Fsp3) is 0.103. The zero-order valence-electron chi connectivity index (χ0n) is 18.5. The van der Waals surface area contributed by atoms with Gasteiger partial charge in [0.1, 0.15) is 24.0 Å². The highest BCUT2D eigenvalue weighted by Crippen LogP contribution is 2.29. The molecule has 0 saturated heterocycles. The van der Waals surface area contributed by atoms with Crippen molar-refractivity contribution >= 4 is 38.7 Å². The van der Waals surface area contributed by atoms with Crippen LogP contribution in [0, 0.1) is 11.3 Å². The third-order valence-corrected chi connectivity index (χ3v) is 6.06. The Morgan fingerprint density at radius 2 is 1.74 bits per heavy atom. The first kappa shape index (κ1) is 23.3. The summed E-state index contributed by atoms with van der Waals surface area (Å²) in [6, 6.07) is 31.8. The smallest absolute Gasteiger partial charge is 0.261 e. The molecule has 34 heavy (non-hydrogen) atoms. The quantitative estimate of drug-likeness (QED) is 0.219. The molecule has 0 aromatic heterocycles. The van der Waals surface area contributed by atoms with Crippen molar-refractivity contribution in [2.75, 3.05) is 6.54 Å². The summed E-state index contributed by atoms with van der Waals surface area (Å²) >= 11 is 3.55. The topological polar surface area (TPSA) is 62.1 Å². The molecule has 0 radical (unpaired) electrons. The molecule has 0 bridgehead atoms. The van der Waals surface area contributed by atoms with E-state index in [1.807, 2.05) is 72.8 Å². The van der Waals surface area contributed by atoms with Gasteiger partial charge in [0.15, 0.2) is 0 Å². The lowest BCUT2D eigenvalue weighted by molar-refractivity contribution is -0.117. The summed E-state index contributed by atoms with van der Waals surface area (Å²) in [6.45, 7) is 0.898. The summed E-state index contributed by atoms with van der Waals surface area (Å²) in [5, 5.41) is 14.6. The van der Waals surface area contributed by atoms with E-state index < -0.39 is 0 Å². The Morgan fingerprint density at radius 1 is 0.971 bits per heavy atom. The number of amides is 1. The van der Waals surface area contributed by atoms with Crippen LogP contribution in [0.25, 0.3) is 16.8 Å². The maximum absolute atomic E-state index is 12.4. The molecule has 0 aliphatic carbocycles. The molecule has 1 amide bonds. The Balaban J connectivity index is 1.40. The van der Waals surface area contributed by atoms with E-state index in [0.717, 1.165) is 26.5 Å². The van der Waals surface area contributed by atoms with Crippen molar-refractivity contribution in [2.24, 2.45) is 0 Å². The Bertz CT molecular complexity index is 1370. The summed E-state index contributed by atoms with van der Waals surface area (Å²) in [7, 11) is 0. The van der Waals surface area contributed by atoms with Crippen LogP contribution in [-0.2, 0) is 17.8 Å². The maximum Gasteiger partial charge on any atom is 0.261 e. The Morgan fingerprint density at radius 3 is 2.53 bits per heavy atom. The van der Waals surface area contributed by atoms with Crippen LogP contribution < -0.4 is 10.1 Å². The van der Waals surface area contributed by atoms with Gasteiger partial charge in [0.25, 0.3) is 5.91 Å². The monoisotopic (exact) mass is 510 g/mol. The first-order valence-electron chi connectivity index (χ1n) is 11.0. The van der Waals surface area contributed by atoms with Crippen molar-refractivity contribution < 1.29 is 9.53 Å². The molecule has 0 saturated carbocycles. The normalized spacial score (nSPS) is 11.1. The maximum atomic E-state index is 12.4. The van der Waals surface area contributed by atoms with Crippen molar-refractivity contribution in [3.8, 4) is 11.8 Å². The van der Waals surface area contributed by atoms with Gasteiger partial charge in [-0.05, 0) is 68.0 Å². The number of carbonyl (C=O) groups is 1. The lowest BCUT2D eigenvalue weighted by Crippen LogP contribution is -2.26. The van der Waals surface area contributed by atoms with E-state index in [1.165, 1.54) is 5.39 Å². The fourth-order valence-corrected chi connectivity index (χ4v) is 4.18. The van der Waals surface area contributed by atoms with Crippen LogP contribution in [0.3, 0.4) is 0 Å². The van der Waals surface area contributed by atoms with Gasteiger partial charge in [-0.25, -0.2) is 0 Å². The van der Waals surface area contributed by atoms with Crippen LogP contribution in [0.4, 0.5) is 0 Å². The van der Waals surface area contributed by atoms with E-state index in [4.69, 9.17) is 4.74 Å². The van der Waals surface area contributed by atoms with Gasteiger partial charge < -0.3 is 10.1 Å². The number of nitriles is 1. The van der Waals surface area contributed by atoms with Gasteiger partial charge in [0, 0.05) is 6.54 Å². The SMILES string of the molecule is N#C/C(=C\c1ccc(OCc2cccc3ccccc23)c(Br)c1)C(=O)NCCc1ccccc1. The standard InChI is InChI=1S/C29H23BrN2O2/c30-27-18-22(17-25(19-31)29(33)32-16-15-21-7-2-1-3-8-21)13-14-28(27)34-20-24-11-6-10-23-9-4-5-12-26(23)24/h1-14,17-18H,15-16,20H2,(H,32,33)/b25-17+. The Hall–Kier alpha value is -3.88. The van der Waals surface area contributed by atoms with Gasteiger partial charge in [0.05, 0.1) is 4.47 Å². The minimum Gasteiger partial charge on any atom is -0.488 e. The van der Waals surface area contributed by atoms with Crippen LogP contribution in [0.2, 0.25) is 0 Å². The van der Waals surface area contributed by atoms with E-state index in [2.05, 4.69) is 45.5 Å². The number of hydrogen-bond acceptors (Lipinski definition) is 3. The van der Waals surface area contributed by atoms with Crippen molar-refractivity contribution in [2.45, 2.75) is 13.0 Å². The van der Waals surface area contributed by atoms with Crippen molar-refractivity contribution in [1.29, 1.82) is 5.26 Å². The molecule has 0 aliphatic heterocycles. The zero-order valence-corrected chi connectivity index (χ0v) is 20.1. The second kappa shape index (κ2) is 11.3. The molecule has 168 valence electrons. The number of rotatable bonds is 8. The predicted octanol–water partition coefficient (Wildman–Crippen LogP) is 6.45. The van der Waals surface area contributed by atoms with Gasteiger partial charge in [-0.2, -0.15) is 5.26 Å². The Kier molecular flexibility index (Phi) is 7.75. The molecule has 4 nitrogen and oxygen atoms in total. The van der Waals surface area contributed by atoms with Crippen molar-refractivity contribution in [1.82, 2.24) is 5.32 Å². The van der Waals surface area contributed by atoms with E-state index in [-0.39, 0.29) is 11.5 Å². The van der Waals surface area contributed by atoms with Crippen LogP contribution in [0.1, 0.15) is 16.7 Å². The largest absolute Gasteiger partial charge is 0.488 e. The molecule has 0 heterocycles. The number of carbonyl (C=O) groups excluding carboxylic acids is 1. The Labute approximate surface area is 207 Å². The highest BCUT2D eigenvalue weighted by atomic mass is 79.9. The zero-order chi connectivity index (χ0) is 23.8. The molecule has 0 fully saturated rings. The molecule has 4 aromatic rings. The van der Waals surface area contributed by atoms with Gasteiger partial charge in [-0.15, -0.1) is 0 Å². The first-order valence-corrected chi connectivity index (χ1v) is 11.8. The van der Waals surface area contributed by atoms with Crippen molar-refractivity contribution in [3.05, 3.63) is 118 Å². The first-order chi connectivity index (χ1) is 16.6. The molecule has 0 atom stereocenters. The molecular formula is C29H23BrN2O2. The minimum atomic E-state index is -0.383. The van der Waals surface area contributed by atoms with E-state index in [9.17, 15) is 10.1 Å². The number of halogens is 1. The summed E-state index contributed by atoms with van der Waals surface area (Å²) in [5.41, 5.74) is 3.03. The molecule has 0 spiro atoms. The summed E-state index contributed by atoms with van der Waals surface area (Å²) in [5.74, 6) is 0.307. The second-order valence-corrected chi connectivity index (χ2v) is 8.63. The van der Waals surface area contributed by atoms with Crippen LogP contribution in [-0.4, -0.2) is 12.5 Å². The van der Waals surface area contributed by atoms with Gasteiger partial charge in [-0.1, -0.05) is 78.9 Å². The molecule has 0 unspecified atom stereocenters. The third-order valence-electron chi connectivity index (χ3n) is 5.44. The molecule has 5 heteroatoms. The predicted molar refractivity (Wildman–Crippen MR) is 139 cm³/mol. The lowest BCUT2D eigenvalue weighted by atomic mass is 10.1. The van der Waals surface area contributed by atoms with Gasteiger partial charge in [0.2, 0.25) is 0 Å². The summed E-state index contributed by atoms with van der Waals surface area (Å²) in [4.78, 5) is 12.4. The van der Waals surface area contributed by atoms with Crippen molar-refractivity contribution in [3.63, 3.8) is 0 Å². The number of ether oxygens (including phenoxy) is 1.